The molecule has 0 fully saturated rings. The molecular formula is C11H13ClO. The van der Waals surface area contributed by atoms with Gasteiger partial charge in [-0.25, -0.2) is 0 Å². The molecule has 1 aromatic rings. The summed E-state index contributed by atoms with van der Waals surface area (Å²) in [5.41, 5.74) is 2.29. The molecule has 2 heteroatoms. The Bertz CT molecular complexity index is 355. The predicted octanol–water partition coefficient (Wildman–Crippen LogP) is 3.36. The molecule has 0 unspecified atom stereocenters. The molecule has 0 atom stereocenters. The van der Waals surface area contributed by atoms with Crippen molar-refractivity contribution in [2.45, 2.75) is 32.8 Å². The number of hydrogen-bond donors (Lipinski definition) is 0. The summed E-state index contributed by atoms with van der Waals surface area (Å²) in [7, 11) is 0. The highest BCUT2D eigenvalue weighted by Gasteiger charge is 2.31. The number of aryl methyl sites for hydroxylation is 1. The summed E-state index contributed by atoms with van der Waals surface area (Å²) < 4.78 is 5.82. The van der Waals surface area contributed by atoms with Crippen molar-refractivity contribution in [1.82, 2.24) is 0 Å². The molecule has 0 spiro atoms. The van der Waals surface area contributed by atoms with E-state index >= 15 is 0 Å². The average molecular weight is 197 g/mol. The Morgan fingerprint density at radius 2 is 2.08 bits per heavy atom. The second-order valence-corrected chi connectivity index (χ2v) is 4.69. The van der Waals surface area contributed by atoms with Gasteiger partial charge in [0.15, 0.2) is 0 Å². The van der Waals surface area contributed by atoms with Crippen molar-refractivity contribution in [3.8, 4) is 5.75 Å². The van der Waals surface area contributed by atoms with Crippen LogP contribution in [0.5, 0.6) is 5.75 Å². The molecule has 70 valence electrons. The molecule has 1 heterocycles. The van der Waals surface area contributed by atoms with Crippen LogP contribution in [0.15, 0.2) is 12.1 Å². The van der Waals surface area contributed by atoms with E-state index in [0.717, 1.165) is 22.8 Å². The maximum absolute atomic E-state index is 5.97. The summed E-state index contributed by atoms with van der Waals surface area (Å²) in [5, 5.41) is 0.803. The van der Waals surface area contributed by atoms with Crippen molar-refractivity contribution < 1.29 is 4.74 Å². The monoisotopic (exact) mass is 196 g/mol. The lowest BCUT2D eigenvalue weighted by Crippen LogP contribution is -2.24. The summed E-state index contributed by atoms with van der Waals surface area (Å²) in [6.07, 6.45) is 0.948. The van der Waals surface area contributed by atoms with Crippen LogP contribution >= 0.6 is 11.6 Å². The number of rotatable bonds is 0. The van der Waals surface area contributed by atoms with Gasteiger partial charge in [0.05, 0.1) is 0 Å². The molecule has 1 nitrogen and oxygen atoms in total. The van der Waals surface area contributed by atoms with Gasteiger partial charge in [-0.3, -0.25) is 0 Å². The topological polar surface area (TPSA) is 9.23 Å². The molecule has 0 bridgehead atoms. The summed E-state index contributed by atoms with van der Waals surface area (Å²) in [6.45, 7) is 6.23. The molecule has 1 aliphatic heterocycles. The van der Waals surface area contributed by atoms with Gasteiger partial charge in [0, 0.05) is 11.4 Å². The van der Waals surface area contributed by atoms with Crippen LogP contribution in [0.2, 0.25) is 5.02 Å². The Morgan fingerprint density at radius 3 is 2.77 bits per heavy atom. The highest BCUT2D eigenvalue weighted by Crippen LogP contribution is 2.38. The fourth-order valence-corrected chi connectivity index (χ4v) is 2.14. The average Bonchev–Trinajstić information content (AvgIpc) is 2.23. The molecule has 1 aliphatic rings. The number of fused-ring (bicyclic) bond motifs is 1. The Kier molecular flexibility index (Phi) is 1.81. The molecule has 0 saturated heterocycles. The van der Waals surface area contributed by atoms with E-state index in [0.29, 0.717) is 0 Å². The lowest BCUT2D eigenvalue weighted by Gasteiger charge is -2.17. The molecule has 0 N–H and O–H groups in total. The normalized spacial score (nSPS) is 18.2. The third-order valence-corrected chi connectivity index (χ3v) is 2.53. The zero-order chi connectivity index (χ0) is 9.64. The van der Waals surface area contributed by atoms with Crippen molar-refractivity contribution in [3.05, 3.63) is 28.3 Å². The molecule has 0 aliphatic carbocycles. The molecule has 0 radical (unpaired) electrons. The number of ether oxygens (including phenoxy) is 1. The van der Waals surface area contributed by atoms with Gasteiger partial charge in [0.1, 0.15) is 11.4 Å². The van der Waals surface area contributed by atoms with E-state index in [2.05, 4.69) is 13.8 Å². The van der Waals surface area contributed by atoms with E-state index in [-0.39, 0.29) is 5.60 Å². The van der Waals surface area contributed by atoms with Crippen molar-refractivity contribution in [2.24, 2.45) is 0 Å². The zero-order valence-corrected chi connectivity index (χ0v) is 8.90. The van der Waals surface area contributed by atoms with Crippen molar-refractivity contribution in [3.63, 3.8) is 0 Å². The fourth-order valence-electron chi connectivity index (χ4n) is 1.85. The second-order valence-electron chi connectivity index (χ2n) is 4.25. The SMILES string of the molecule is Cc1cc(Cl)cc2c1OC(C)(C)C2. The van der Waals surface area contributed by atoms with Gasteiger partial charge < -0.3 is 4.74 Å². The minimum Gasteiger partial charge on any atom is -0.487 e. The number of hydrogen-bond acceptors (Lipinski definition) is 1. The largest absolute Gasteiger partial charge is 0.487 e. The highest BCUT2D eigenvalue weighted by molar-refractivity contribution is 6.30. The fraction of sp³-hybridized carbons (Fsp3) is 0.455. The summed E-state index contributed by atoms with van der Waals surface area (Å²) in [6, 6.07) is 3.94. The number of halogens is 1. The van der Waals surface area contributed by atoms with Gasteiger partial charge in [-0.2, -0.15) is 0 Å². The third-order valence-electron chi connectivity index (χ3n) is 2.31. The minimum atomic E-state index is -0.0717. The van der Waals surface area contributed by atoms with E-state index in [1.54, 1.807) is 0 Å². The molecule has 2 rings (SSSR count). The van der Waals surface area contributed by atoms with Gasteiger partial charge in [0.25, 0.3) is 0 Å². The van der Waals surface area contributed by atoms with Gasteiger partial charge >= 0.3 is 0 Å². The highest BCUT2D eigenvalue weighted by atomic mass is 35.5. The van der Waals surface area contributed by atoms with Gasteiger partial charge in [-0.15, -0.1) is 0 Å². The quantitative estimate of drug-likeness (QED) is 0.618. The summed E-state index contributed by atoms with van der Waals surface area (Å²) in [5.74, 6) is 1.02. The van der Waals surface area contributed by atoms with Crippen LogP contribution in [-0.4, -0.2) is 5.60 Å². The predicted molar refractivity (Wildman–Crippen MR) is 54.6 cm³/mol. The number of benzene rings is 1. The third kappa shape index (κ3) is 1.53. The molecule has 0 aromatic heterocycles. The van der Waals surface area contributed by atoms with Crippen molar-refractivity contribution in [1.29, 1.82) is 0 Å². The van der Waals surface area contributed by atoms with Crippen LogP contribution in [0.3, 0.4) is 0 Å². The lowest BCUT2D eigenvalue weighted by molar-refractivity contribution is 0.137. The first-order chi connectivity index (χ1) is 5.98. The van der Waals surface area contributed by atoms with Gasteiger partial charge in [-0.05, 0) is 44.0 Å². The smallest absolute Gasteiger partial charge is 0.126 e. The Hall–Kier alpha value is -0.690. The molecule has 13 heavy (non-hydrogen) atoms. The Morgan fingerprint density at radius 1 is 1.38 bits per heavy atom. The first kappa shape index (κ1) is 8.89. The van der Waals surface area contributed by atoms with Crippen LogP contribution in [-0.2, 0) is 6.42 Å². The van der Waals surface area contributed by atoms with Crippen LogP contribution in [0.1, 0.15) is 25.0 Å². The molecule has 0 amide bonds. The second kappa shape index (κ2) is 2.65. The van der Waals surface area contributed by atoms with E-state index in [9.17, 15) is 0 Å². The first-order valence-electron chi connectivity index (χ1n) is 4.46. The first-order valence-corrected chi connectivity index (χ1v) is 4.84. The summed E-state index contributed by atoms with van der Waals surface area (Å²) in [4.78, 5) is 0. The Balaban J connectivity index is 2.52. The standard InChI is InChI=1S/C11H13ClO/c1-7-4-9(12)5-8-6-11(2,3)13-10(7)8/h4-5H,6H2,1-3H3. The maximum Gasteiger partial charge on any atom is 0.126 e. The molecule has 1 aromatic carbocycles. The van der Waals surface area contributed by atoms with Crippen LogP contribution in [0, 0.1) is 6.92 Å². The van der Waals surface area contributed by atoms with Crippen LogP contribution in [0.25, 0.3) is 0 Å². The van der Waals surface area contributed by atoms with E-state index in [4.69, 9.17) is 16.3 Å². The molecular weight excluding hydrogens is 184 g/mol. The summed E-state index contributed by atoms with van der Waals surface area (Å²) >= 11 is 5.97. The zero-order valence-electron chi connectivity index (χ0n) is 8.15. The van der Waals surface area contributed by atoms with Crippen molar-refractivity contribution >= 4 is 11.6 Å². The van der Waals surface area contributed by atoms with E-state index < -0.39 is 0 Å². The van der Waals surface area contributed by atoms with E-state index in [1.165, 1.54) is 5.56 Å². The maximum atomic E-state index is 5.97. The van der Waals surface area contributed by atoms with Crippen LogP contribution in [0.4, 0.5) is 0 Å². The van der Waals surface area contributed by atoms with Crippen molar-refractivity contribution in [2.75, 3.05) is 0 Å². The Labute approximate surface area is 83.7 Å². The lowest BCUT2D eigenvalue weighted by atomic mass is 10.0. The van der Waals surface area contributed by atoms with Crippen LogP contribution < -0.4 is 4.74 Å². The van der Waals surface area contributed by atoms with E-state index in [1.807, 2.05) is 19.1 Å². The van der Waals surface area contributed by atoms with Gasteiger partial charge in [-0.1, -0.05) is 11.6 Å². The molecule has 0 saturated carbocycles. The van der Waals surface area contributed by atoms with Gasteiger partial charge in [0.2, 0.25) is 0 Å². The minimum absolute atomic E-state index is 0.0717.